The third kappa shape index (κ3) is 4.47. The van der Waals surface area contributed by atoms with Crippen LogP contribution in [0.15, 0.2) is 0 Å². The summed E-state index contributed by atoms with van der Waals surface area (Å²) >= 11 is 0. The SMILES string of the molecule is COCC(C)CNC(=O)C1CNC(C)CN1. The molecule has 0 aliphatic carbocycles. The van der Waals surface area contributed by atoms with Crippen molar-refractivity contribution < 1.29 is 9.53 Å². The molecule has 3 N–H and O–H groups in total. The highest BCUT2D eigenvalue weighted by molar-refractivity contribution is 5.82. The van der Waals surface area contributed by atoms with Crippen LogP contribution in [0.2, 0.25) is 0 Å². The monoisotopic (exact) mass is 229 g/mol. The van der Waals surface area contributed by atoms with Crippen molar-refractivity contribution in [1.82, 2.24) is 16.0 Å². The number of amides is 1. The summed E-state index contributed by atoms with van der Waals surface area (Å²) in [7, 11) is 1.67. The van der Waals surface area contributed by atoms with Crippen molar-refractivity contribution >= 4 is 5.91 Å². The van der Waals surface area contributed by atoms with Crippen LogP contribution in [-0.2, 0) is 9.53 Å². The van der Waals surface area contributed by atoms with E-state index < -0.39 is 0 Å². The molecule has 1 rings (SSSR count). The largest absolute Gasteiger partial charge is 0.384 e. The summed E-state index contributed by atoms with van der Waals surface area (Å²) in [5, 5.41) is 9.43. The topological polar surface area (TPSA) is 62.4 Å². The van der Waals surface area contributed by atoms with E-state index in [-0.39, 0.29) is 11.9 Å². The Bertz CT molecular complexity index is 215. The van der Waals surface area contributed by atoms with Gasteiger partial charge >= 0.3 is 0 Å². The number of hydrogen-bond acceptors (Lipinski definition) is 4. The van der Waals surface area contributed by atoms with E-state index in [0.29, 0.717) is 31.7 Å². The lowest BCUT2D eigenvalue weighted by atomic mass is 10.1. The molecule has 1 aliphatic heterocycles. The van der Waals surface area contributed by atoms with Crippen LogP contribution in [-0.4, -0.2) is 51.3 Å². The zero-order valence-electron chi connectivity index (χ0n) is 10.4. The second-order valence-electron chi connectivity index (χ2n) is 4.58. The van der Waals surface area contributed by atoms with Gasteiger partial charge in [-0.05, 0) is 12.8 Å². The van der Waals surface area contributed by atoms with Gasteiger partial charge < -0.3 is 20.7 Å². The van der Waals surface area contributed by atoms with Crippen LogP contribution in [0.1, 0.15) is 13.8 Å². The molecule has 0 bridgehead atoms. The Morgan fingerprint density at radius 2 is 2.25 bits per heavy atom. The average Bonchev–Trinajstić information content (AvgIpc) is 2.27. The van der Waals surface area contributed by atoms with E-state index in [2.05, 4.69) is 29.8 Å². The molecule has 3 atom stereocenters. The number of carbonyl (C=O) groups is 1. The standard InChI is InChI=1S/C11H23N3O2/c1-8(7-16-3)4-14-11(15)10-6-12-9(2)5-13-10/h8-10,12-13H,4-7H2,1-3H3,(H,14,15). The Labute approximate surface area is 97.3 Å². The maximum atomic E-state index is 11.8. The fraction of sp³-hybridized carbons (Fsp3) is 0.909. The highest BCUT2D eigenvalue weighted by atomic mass is 16.5. The lowest BCUT2D eigenvalue weighted by Crippen LogP contribution is -2.59. The predicted octanol–water partition coefficient (Wildman–Crippen LogP) is -0.665. The van der Waals surface area contributed by atoms with Crippen LogP contribution in [0.4, 0.5) is 0 Å². The third-order valence-corrected chi connectivity index (χ3v) is 2.73. The zero-order valence-corrected chi connectivity index (χ0v) is 10.4. The Hall–Kier alpha value is -0.650. The molecule has 1 saturated heterocycles. The second kappa shape index (κ2) is 6.83. The van der Waals surface area contributed by atoms with Crippen molar-refractivity contribution in [3.8, 4) is 0 Å². The van der Waals surface area contributed by atoms with Gasteiger partial charge in [0.1, 0.15) is 0 Å². The van der Waals surface area contributed by atoms with Crippen molar-refractivity contribution in [2.45, 2.75) is 25.9 Å². The summed E-state index contributed by atoms with van der Waals surface area (Å²) in [5.41, 5.74) is 0. The van der Waals surface area contributed by atoms with Crippen LogP contribution in [0.5, 0.6) is 0 Å². The Balaban J connectivity index is 2.19. The molecule has 1 amide bonds. The van der Waals surface area contributed by atoms with Crippen molar-refractivity contribution in [3.05, 3.63) is 0 Å². The molecular weight excluding hydrogens is 206 g/mol. The molecule has 0 saturated carbocycles. The fourth-order valence-electron chi connectivity index (χ4n) is 1.71. The summed E-state index contributed by atoms with van der Waals surface area (Å²) in [6.07, 6.45) is 0. The number of methoxy groups -OCH3 is 1. The normalized spacial score (nSPS) is 27.4. The molecular formula is C11H23N3O2. The molecule has 5 nitrogen and oxygen atoms in total. The van der Waals surface area contributed by atoms with E-state index in [1.54, 1.807) is 7.11 Å². The van der Waals surface area contributed by atoms with Gasteiger partial charge in [0.25, 0.3) is 0 Å². The van der Waals surface area contributed by atoms with Gasteiger partial charge in [-0.3, -0.25) is 4.79 Å². The first-order valence-corrected chi connectivity index (χ1v) is 5.87. The molecule has 1 heterocycles. The molecule has 16 heavy (non-hydrogen) atoms. The minimum atomic E-state index is -0.106. The number of piperazine rings is 1. The van der Waals surface area contributed by atoms with Crippen LogP contribution < -0.4 is 16.0 Å². The van der Waals surface area contributed by atoms with Gasteiger partial charge in [0.2, 0.25) is 5.91 Å². The highest BCUT2D eigenvalue weighted by Crippen LogP contribution is 1.95. The molecule has 94 valence electrons. The summed E-state index contributed by atoms with van der Waals surface area (Å²) in [4.78, 5) is 11.8. The Morgan fingerprint density at radius 1 is 1.50 bits per heavy atom. The number of rotatable bonds is 5. The molecule has 0 aromatic carbocycles. The van der Waals surface area contributed by atoms with Crippen molar-refractivity contribution in [1.29, 1.82) is 0 Å². The van der Waals surface area contributed by atoms with Crippen LogP contribution in [0.25, 0.3) is 0 Å². The van der Waals surface area contributed by atoms with Gasteiger partial charge in [-0.25, -0.2) is 0 Å². The van der Waals surface area contributed by atoms with Gasteiger partial charge in [0, 0.05) is 32.8 Å². The quantitative estimate of drug-likeness (QED) is 0.585. The lowest BCUT2D eigenvalue weighted by Gasteiger charge is -2.28. The Morgan fingerprint density at radius 3 is 2.81 bits per heavy atom. The zero-order chi connectivity index (χ0) is 12.0. The van der Waals surface area contributed by atoms with Gasteiger partial charge in [0.15, 0.2) is 0 Å². The van der Waals surface area contributed by atoms with Crippen molar-refractivity contribution in [2.24, 2.45) is 5.92 Å². The van der Waals surface area contributed by atoms with Gasteiger partial charge in [-0.2, -0.15) is 0 Å². The van der Waals surface area contributed by atoms with Gasteiger partial charge in [-0.15, -0.1) is 0 Å². The first kappa shape index (κ1) is 13.4. The molecule has 0 aromatic rings. The van der Waals surface area contributed by atoms with E-state index in [0.717, 1.165) is 6.54 Å². The third-order valence-electron chi connectivity index (χ3n) is 2.73. The molecule has 1 aliphatic rings. The first-order chi connectivity index (χ1) is 7.63. The van der Waals surface area contributed by atoms with Crippen LogP contribution in [0.3, 0.4) is 0 Å². The van der Waals surface area contributed by atoms with Gasteiger partial charge in [-0.1, -0.05) is 6.92 Å². The van der Waals surface area contributed by atoms with E-state index in [9.17, 15) is 4.79 Å². The fourth-order valence-corrected chi connectivity index (χ4v) is 1.71. The van der Waals surface area contributed by atoms with Crippen molar-refractivity contribution in [3.63, 3.8) is 0 Å². The summed E-state index contributed by atoms with van der Waals surface area (Å²) in [6, 6.07) is 0.336. The number of hydrogen-bond donors (Lipinski definition) is 3. The van der Waals surface area contributed by atoms with Crippen molar-refractivity contribution in [2.75, 3.05) is 33.4 Å². The summed E-state index contributed by atoms with van der Waals surface area (Å²) < 4.78 is 5.02. The van der Waals surface area contributed by atoms with E-state index in [1.807, 2.05) is 0 Å². The molecule has 3 unspecified atom stereocenters. The Kier molecular flexibility index (Phi) is 5.73. The van der Waals surface area contributed by atoms with Crippen LogP contribution >= 0.6 is 0 Å². The average molecular weight is 229 g/mol. The number of carbonyl (C=O) groups excluding carboxylic acids is 1. The summed E-state index contributed by atoms with van der Waals surface area (Å²) in [6.45, 7) is 7.03. The minimum Gasteiger partial charge on any atom is -0.384 e. The number of nitrogens with one attached hydrogen (secondary N) is 3. The first-order valence-electron chi connectivity index (χ1n) is 5.87. The predicted molar refractivity (Wildman–Crippen MR) is 63.3 cm³/mol. The molecule has 0 aromatic heterocycles. The minimum absolute atomic E-state index is 0.0716. The van der Waals surface area contributed by atoms with E-state index in [1.165, 1.54) is 0 Å². The van der Waals surface area contributed by atoms with E-state index in [4.69, 9.17) is 4.74 Å². The van der Waals surface area contributed by atoms with Crippen LogP contribution in [0, 0.1) is 5.92 Å². The molecule has 0 radical (unpaired) electrons. The van der Waals surface area contributed by atoms with Gasteiger partial charge in [0.05, 0.1) is 12.6 Å². The second-order valence-corrected chi connectivity index (χ2v) is 4.58. The maximum absolute atomic E-state index is 11.8. The molecule has 1 fully saturated rings. The molecule has 0 spiro atoms. The molecule has 5 heteroatoms. The smallest absolute Gasteiger partial charge is 0.238 e. The lowest BCUT2D eigenvalue weighted by molar-refractivity contribution is -0.123. The number of ether oxygens (including phenoxy) is 1. The summed E-state index contributed by atoms with van der Waals surface area (Å²) in [5.74, 6) is 0.423. The van der Waals surface area contributed by atoms with E-state index >= 15 is 0 Å². The maximum Gasteiger partial charge on any atom is 0.238 e. The highest BCUT2D eigenvalue weighted by Gasteiger charge is 2.22.